The van der Waals surface area contributed by atoms with Crippen molar-refractivity contribution >= 4 is 106 Å². The van der Waals surface area contributed by atoms with Gasteiger partial charge in [0, 0.05) is 49.9 Å². The van der Waals surface area contributed by atoms with Crippen LogP contribution in [0.5, 0.6) is 11.5 Å². The maximum Gasteiger partial charge on any atom is 0.256 e. The molecular weight excluding hydrogens is 1170 g/mol. The Bertz CT molecular complexity index is 5820. The molecule has 0 atom stereocenters. The van der Waals surface area contributed by atoms with Crippen LogP contribution in [0, 0.1) is 0 Å². The molecule has 462 valence electrons. The Hall–Kier alpha value is -11.1. The Morgan fingerprint density at radius 2 is 0.969 bits per heavy atom. The number of para-hydroxylation sites is 3. The molecule has 18 rings (SSSR count). The molecule has 0 bridgehead atoms. The number of furan rings is 1. The smallest absolute Gasteiger partial charge is 0.256 e. The van der Waals surface area contributed by atoms with Crippen LogP contribution in [-0.2, 0) is 16.2 Å². The number of fused-ring (bicyclic) bond motifs is 14. The third-order valence-corrected chi connectivity index (χ3v) is 20.4. The summed E-state index contributed by atoms with van der Waals surface area (Å²) in [5.41, 5.74) is 26.0. The largest absolute Gasteiger partial charge is 0.458 e. The highest BCUT2D eigenvalue weighted by atomic mass is 16.5. The van der Waals surface area contributed by atoms with Gasteiger partial charge in [-0.3, -0.25) is 4.57 Å². The number of anilines is 3. The molecule has 7 heteroatoms. The van der Waals surface area contributed by atoms with Gasteiger partial charge in [-0.15, -0.1) is 0 Å². The fourth-order valence-electron chi connectivity index (χ4n) is 15.5. The van der Waals surface area contributed by atoms with E-state index in [2.05, 4.69) is 343 Å². The number of rotatable bonds is 7. The summed E-state index contributed by atoms with van der Waals surface area (Å²) in [6.45, 7) is 20.5. The normalized spacial score (nSPS) is 13.1. The molecule has 0 fully saturated rings. The quantitative estimate of drug-likeness (QED) is 0.149. The molecule has 0 spiro atoms. The first-order chi connectivity index (χ1) is 46.5. The minimum Gasteiger partial charge on any atom is -0.458 e. The summed E-state index contributed by atoms with van der Waals surface area (Å²) < 4.78 is 19.0. The first-order valence-electron chi connectivity index (χ1n) is 33.7. The Morgan fingerprint density at radius 1 is 0.354 bits per heavy atom. The van der Waals surface area contributed by atoms with E-state index in [0.717, 1.165) is 156 Å². The van der Waals surface area contributed by atoms with Crippen molar-refractivity contribution in [1.29, 1.82) is 0 Å². The molecule has 4 aromatic heterocycles. The number of hydrogen-bond donors (Lipinski definition) is 0. The number of nitrogens with zero attached hydrogens (tertiary/aromatic N) is 4. The molecule has 0 radical (unpaired) electrons. The summed E-state index contributed by atoms with van der Waals surface area (Å²) in [6.07, 6.45) is 0. The van der Waals surface area contributed by atoms with Gasteiger partial charge in [-0.1, -0.05) is 238 Å². The maximum atomic E-state index is 7.41. The minimum absolute atomic E-state index is 0.0532. The van der Waals surface area contributed by atoms with Gasteiger partial charge in [0.15, 0.2) is 0 Å². The van der Waals surface area contributed by atoms with Gasteiger partial charge in [0.05, 0.1) is 44.5 Å². The van der Waals surface area contributed by atoms with Gasteiger partial charge in [0.2, 0.25) is 0 Å². The fraction of sp³-hybridized carbons (Fsp3) is 0.135. The molecule has 0 aliphatic carbocycles. The Kier molecular flexibility index (Phi) is 12.7. The van der Waals surface area contributed by atoms with E-state index in [1.807, 2.05) is 0 Å². The number of benzene rings is 12. The van der Waals surface area contributed by atoms with Gasteiger partial charge in [-0.25, -0.2) is 4.98 Å². The van der Waals surface area contributed by atoms with Crippen LogP contribution in [-0.4, -0.2) is 20.8 Å². The average Bonchev–Trinajstić information content (AvgIpc) is 0.714. The Labute approximate surface area is 560 Å². The third-order valence-electron chi connectivity index (χ3n) is 20.4. The number of aromatic nitrogens is 3. The van der Waals surface area contributed by atoms with Gasteiger partial charge in [-0.2, -0.15) is 0 Å². The number of hydrogen-bond acceptors (Lipinski definition) is 4. The molecular formula is C89H71BN4O2. The van der Waals surface area contributed by atoms with Crippen molar-refractivity contribution in [2.75, 3.05) is 4.90 Å². The molecule has 12 aromatic carbocycles. The van der Waals surface area contributed by atoms with E-state index in [0.29, 0.717) is 0 Å². The SMILES string of the molecule is CC(C)(C)c1cccc(-c2cc3c4c(c2)N(c2ccccc2-c2ccccc2)c2ccc(-c5cc(-n6c7ccc(C(C)(C)C)cc7c7cc(C(C)(C)C)ccc76)cc(-n6c7ccccc7c7ccc8oc9ccccc9c8c76)n5)cc2B4c2cc(-c4ccccc4)ccc2O3)c1. The summed E-state index contributed by atoms with van der Waals surface area (Å²) >= 11 is 0. The second-order valence-corrected chi connectivity index (χ2v) is 29.5. The van der Waals surface area contributed by atoms with Crippen LogP contribution in [0.15, 0.2) is 271 Å². The molecule has 16 aromatic rings. The lowest BCUT2D eigenvalue weighted by Gasteiger charge is -2.41. The summed E-state index contributed by atoms with van der Waals surface area (Å²) in [5.74, 6) is 2.49. The summed E-state index contributed by atoms with van der Waals surface area (Å²) in [5, 5.41) is 6.86. The number of ether oxygens (including phenoxy) is 1. The first-order valence-corrected chi connectivity index (χ1v) is 33.7. The van der Waals surface area contributed by atoms with Crippen LogP contribution in [0.4, 0.5) is 17.1 Å². The van der Waals surface area contributed by atoms with Gasteiger partial charge >= 0.3 is 0 Å². The van der Waals surface area contributed by atoms with E-state index < -0.39 is 0 Å². The predicted octanol–water partition coefficient (Wildman–Crippen LogP) is 22.1. The zero-order chi connectivity index (χ0) is 65.1. The van der Waals surface area contributed by atoms with Crippen molar-refractivity contribution in [3.8, 4) is 67.6 Å². The highest BCUT2D eigenvalue weighted by molar-refractivity contribution is 6.99. The molecule has 2 aliphatic heterocycles. The first kappa shape index (κ1) is 57.5. The number of pyridine rings is 1. The van der Waals surface area contributed by atoms with Crippen molar-refractivity contribution in [1.82, 2.24) is 14.1 Å². The Morgan fingerprint density at radius 3 is 1.71 bits per heavy atom. The molecule has 0 N–H and O–H groups in total. The van der Waals surface area contributed by atoms with Gasteiger partial charge < -0.3 is 18.6 Å². The highest BCUT2D eigenvalue weighted by Crippen LogP contribution is 2.49. The Balaban J connectivity index is 0.947. The predicted molar refractivity (Wildman–Crippen MR) is 404 cm³/mol. The standard InChI is InChI=1S/C89H71BN4O2/c1-87(2,3)60-28-22-27-56(45-60)59-48-78-85-82(49-59)96-80-43-36-57(54-23-12-10-13-24-54)46-71(80)90(85)70-47-58(35-40-77(70)93(78)73-32-19-16-29-64(73)55-25-14-11-15-26-55)72-52-63(92-75-41-37-61(88(4,5)6)50-68(75)69-51-62(89(7,8)9)38-42-76(69)92)53-83(91-72)94-74-33-20-17-30-65(74)66-39-44-81-84(86(66)94)67-31-18-21-34-79(67)95-81/h10-53H,1-9H3. The maximum absolute atomic E-state index is 7.41. The lowest BCUT2D eigenvalue weighted by atomic mass is 9.34. The van der Waals surface area contributed by atoms with Crippen molar-refractivity contribution in [3.05, 3.63) is 284 Å². The molecule has 6 nitrogen and oxygen atoms in total. The molecule has 2 aliphatic rings. The van der Waals surface area contributed by atoms with Gasteiger partial charge in [0.1, 0.15) is 28.5 Å². The average molecular weight is 1240 g/mol. The lowest BCUT2D eigenvalue weighted by molar-refractivity contribution is 0.488. The molecule has 96 heavy (non-hydrogen) atoms. The lowest BCUT2D eigenvalue weighted by Crippen LogP contribution is -2.59. The van der Waals surface area contributed by atoms with Crippen LogP contribution in [0.1, 0.15) is 79.0 Å². The van der Waals surface area contributed by atoms with E-state index in [-0.39, 0.29) is 23.0 Å². The van der Waals surface area contributed by atoms with E-state index in [1.165, 1.54) is 27.5 Å². The van der Waals surface area contributed by atoms with Crippen LogP contribution in [0.3, 0.4) is 0 Å². The van der Waals surface area contributed by atoms with Crippen molar-refractivity contribution in [2.45, 2.75) is 78.6 Å². The molecule has 0 amide bonds. The zero-order valence-corrected chi connectivity index (χ0v) is 55.6. The second-order valence-electron chi connectivity index (χ2n) is 29.5. The molecule has 0 saturated heterocycles. The van der Waals surface area contributed by atoms with Crippen molar-refractivity contribution in [3.63, 3.8) is 0 Å². The van der Waals surface area contributed by atoms with Crippen LogP contribution < -0.4 is 26.0 Å². The highest BCUT2D eigenvalue weighted by Gasteiger charge is 2.43. The fourth-order valence-corrected chi connectivity index (χ4v) is 15.5. The van der Waals surface area contributed by atoms with E-state index in [1.54, 1.807) is 0 Å². The van der Waals surface area contributed by atoms with Gasteiger partial charge in [-0.05, 0) is 168 Å². The van der Waals surface area contributed by atoms with Crippen molar-refractivity contribution in [2.24, 2.45) is 0 Å². The van der Waals surface area contributed by atoms with Gasteiger partial charge in [0.25, 0.3) is 6.71 Å². The summed E-state index contributed by atoms with van der Waals surface area (Å²) in [7, 11) is 0. The van der Waals surface area contributed by atoms with E-state index in [9.17, 15) is 0 Å². The topological polar surface area (TPSA) is 48.4 Å². The van der Waals surface area contributed by atoms with Crippen LogP contribution in [0.25, 0.3) is 122 Å². The molecule has 0 saturated carbocycles. The minimum atomic E-state index is -0.249. The monoisotopic (exact) mass is 1240 g/mol. The van der Waals surface area contributed by atoms with E-state index >= 15 is 0 Å². The second kappa shape index (κ2) is 21.2. The van der Waals surface area contributed by atoms with Crippen LogP contribution in [0.2, 0.25) is 0 Å². The summed E-state index contributed by atoms with van der Waals surface area (Å²) in [6, 6.07) is 98.7. The third kappa shape index (κ3) is 9.11. The summed E-state index contributed by atoms with van der Waals surface area (Å²) in [4.78, 5) is 8.56. The zero-order valence-electron chi connectivity index (χ0n) is 55.6. The molecule has 0 unspecified atom stereocenters. The van der Waals surface area contributed by atoms with Crippen LogP contribution >= 0.6 is 0 Å². The van der Waals surface area contributed by atoms with E-state index in [4.69, 9.17) is 14.1 Å². The van der Waals surface area contributed by atoms with Crippen molar-refractivity contribution < 1.29 is 9.15 Å². The molecule has 6 heterocycles.